The fourth-order valence-corrected chi connectivity index (χ4v) is 6.23. The highest BCUT2D eigenvalue weighted by molar-refractivity contribution is 5.85. The summed E-state index contributed by atoms with van der Waals surface area (Å²) in [6, 6.07) is 0. The Labute approximate surface area is 115 Å². The summed E-state index contributed by atoms with van der Waals surface area (Å²) in [4.78, 5) is 14.9. The van der Waals surface area contributed by atoms with Gasteiger partial charge in [0, 0.05) is 30.8 Å². The lowest BCUT2D eigenvalue weighted by atomic mass is 9.53. The van der Waals surface area contributed by atoms with Crippen molar-refractivity contribution in [1.29, 1.82) is 0 Å². The number of Topliss-reactive ketones (excluding diaryl/α,β-unsaturated/α-hetero) is 1. The molecule has 4 fully saturated rings. The SMILES string of the molecule is CC1CC2CC(=O)C3CCCN4CCCC23[C@@]4(O)C1. The van der Waals surface area contributed by atoms with Crippen LogP contribution in [0.4, 0.5) is 0 Å². The van der Waals surface area contributed by atoms with Crippen LogP contribution in [0.1, 0.15) is 51.9 Å². The molecule has 3 nitrogen and oxygen atoms in total. The third-order valence-electron chi connectivity index (χ3n) is 6.71. The molecule has 5 unspecified atom stereocenters. The van der Waals surface area contributed by atoms with E-state index < -0.39 is 5.72 Å². The van der Waals surface area contributed by atoms with E-state index in [0.29, 0.717) is 17.6 Å². The minimum atomic E-state index is -0.680. The van der Waals surface area contributed by atoms with Crippen LogP contribution in [-0.4, -0.2) is 34.6 Å². The lowest BCUT2D eigenvalue weighted by Crippen LogP contribution is -2.68. The number of ketones is 1. The minimum Gasteiger partial charge on any atom is -0.375 e. The van der Waals surface area contributed by atoms with Crippen LogP contribution in [0.2, 0.25) is 0 Å². The summed E-state index contributed by atoms with van der Waals surface area (Å²) in [5.41, 5.74) is -0.772. The van der Waals surface area contributed by atoms with Gasteiger partial charge < -0.3 is 5.11 Å². The number of hydrogen-bond donors (Lipinski definition) is 1. The normalized spacial score (nSPS) is 56.6. The van der Waals surface area contributed by atoms with Crippen LogP contribution in [0, 0.1) is 23.2 Å². The number of piperidine rings is 1. The summed E-state index contributed by atoms with van der Waals surface area (Å²) >= 11 is 0. The first-order chi connectivity index (χ1) is 9.08. The van der Waals surface area contributed by atoms with Crippen molar-refractivity contribution < 1.29 is 9.90 Å². The Balaban J connectivity index is 1.90. The smallest absolute Gasteiger partial charge is 0.137 e. The molecule has 2 aliphatic heterocycles. The zero-order valence-corrected chi connectivity index (χ0v) is 11.9. The second-order valence-corrected chi connectivity index (χ2v) is 7.55. The molecule has 2 saturated carbocycles. The van der Waals surface area contributed by atoms with Gasteiger partial charge in [-0.05, 0) is 50.4 Å². The quantitative estimate of drug-likeness (QED) is 0.728. The molecule has 0 amide bonds. The summed E-state index contributed by atoms with van der Waals surface area (Å²) in [5, 5.41) is 11.6. The first kappa shape index (κ1) is 12.3. The molecule has 6 atom stereocenters. The Morgan fingerprint density at radius 1 is 1.32 bits per heavy atom. The van der Waals surface area contributed by atoms with Crippen LogP contribution in [0.15, 0.2) is 0 Å². The topological polar surface area (TPSA) is 40.5 Å². The van der Waals surface area contributed by atoms with Crippen molar-refractivity contribution >= 4 is 5.78 Å². The van der Waals surface area contributed by atoms with Gasteiger partial charge >= 0.3 is 0 Å². The maximum absolute atomic E-state index is 12.5. The summed E-state index contributed by atoms with van der Waals surface area (Å²) in [7, 11) is 0. The number of aliphatic hydroxyl groups is 1. The van der Waals surface area contributed by atoms with Crippen molar-refractivity contribution in [1.82, 2.24) is 4.90 Å². The number of rotatable bonds is 0. The Hall–Kier alpha value is -0.410. The van der Waals surface area contributed by atoms with Gasteiger partial charge in [0.1, 0.15) is 11.5 Å². The molecule has 1 N–H and O–H groups in total. The second-order valence-electron chi connectivity index (χ2n) is 7.55. The van der Waals surface area contributed by atoms with Gasteiger partial charge in [0.25, 0.3) is 0 Å². The van der Waals surface area contributed by atoms with E-state index in [4.69, 9.17) is 0 Å². The highest BCUT2D eigenvalue weighted by atomic mass is 16.3. The highest BCUT2D eigenvalue weighted by Crippen LogP contribution is 2.66. The first-order valence-electron chi connectivity index (χ1n) is 8.08. The van der Waals surface area contributed by atoms with Crippen molar-refractivity contribution in [3.8, 4) is 0 Å². The van der Waals surface area contributed by atoms with Crippen molar-refractivity contribution in [3.05, 3.63) is 0 Å². The Morgan fingerprint density at radius 3 is 2.95 bits per heavy atom. The van der Waals surface area contributed by atoms with E-state index in [-0.39, 0.29) is 11.3 Å². The molecular formula is C16H25NO2. The van der Waals surface area contributed by atoms with Gasteiger partial charge in [0.15, 0.2) is 0 Å². The molecule has 0 radical (unpaired) electrons. The van der Waals surface area contributed by atoms with Gasteiger partial charge in [0.2, 0.25) is 0 Å². The zero-order chi connectivity index (χ0) is 13.3. The molecule has 2 bridgehead atoms. The van der Waals surface area contributed by atoms with Crippen LogP contribution < -0.4 is 0 Å². The molecular weight excluding hydrogens is 238 g/mol. The Kier molecular flexibility index (Phi) is 2.48. The second kappa shape index (κ2) is 3.82. The molecule has 2 heterocycles. The Morgan fingerprint density at radius 2 is 2.11 bits per heavy atom. The fraction of sp³-hybridized carbons (Fsp3) is 0.938. The fourth-order valence-electron chi connectivity index (χ4n) is 6.23. The van der Waals surface area contributed by atoms with Crippen LogP contribution in [-0.2, 0) is 4.79 Å². The average molecular weight is 263 g/mol. The summed E-state index contributed by atoms with van der Waals surface area (Å²) in [6.45, 7) is 4.27. The van der Waals surface area contributed by atoms with E-state index in [1.165, 1.54) is 0 Å². The van der Waals surface area contributed by atoms with E-state index in [1.54, 1.807) is 0 Å². The molecule has 3 heteroatoms. The van der Waals surface area contributed by atoms with Crippen molar-refractivity contribution in [3.63, 3.8) is 0 Å². The molecule has 4 rings (SSSR count). The number of carbonyl (C=O) groups excluding carboxylic acids is 1. The highest BCUT2D eigenvalue weighted by Gasteiger charge is 2.69. The average Bonchev–Trinajstić information content (AvgIpc) is 2.59. The van der Waals surface area contributed by atoms with Crippen LogP contribution in [0.5, 0.6) is 0 Å². The first-order valence-corrected chi connectivity index (χ1v) is 8.08. The molecule has 0 aromatic carbocycles. The predicted molar refractivity (Wildman–Crippen MR) is 72.4 cm³/mol. The predicted octanol–water partition coefficient (Wildman–Crippen LogP) is 2.19. The van der Waals surface area contributed by atoms with E-state index in [0.717, 1.165) is 58.0 Å². The van der Waals surface area contributed by atoms with Gasteiger partial charge in [-0.15, -0.1) is 0 Å². The maximum Gasteiger partial charge on any atom is 0.137 e. The number of nitrogens with zero attached hydrogens (tertiary/aromatic N) is 1. The van der Waals surface area contributed by atoms with Gasteiger partial charge in [-0.3, -0.25) is 9.69 Å². The van der Waals surface area contributed by atoms with Crippen LogP contribution >= 0.6 is 0 Å². The largest absolute Gasteiger partial charge is 0.375 e. The van der Waals surface area contributed by atoms with Crippen molar-refractivity contribution in [2.45, 2.75) is 57.6 Å². The molecule has 0 aromatic rings. The lowest BCUT2D eigenvalue weighted by Gasteiger charge is -2.61. The molecule has 19 heavy (non-hydrogen) atoms. The van der Waals surface area contributed by atoms with Crippen molar-refractivity contribution in [2.75, 3.05) is 13.1 Å². The third-order valence-corrected chi connectivity index (χ3v) is 6.71. The van der Waals surface area contributed by atoms with E-state index in [2.05, 4.69) is 11.8 Å². The van der Waals surface area contributed by atoms with Gasteiger partial charge in [-0.25, -0.2) is 0 Å². The molecule has 4 aliphatic rings. The lowest BCUT2D eigenvalue weighted by molar-refractivity contribution is -0.264. The monoisotopic (exact) mass is 263 g/mol. The maximum atomic E-state index is 12.5. The molecule has 2 aliphatic carbocycles. The van der Waals surface area contributed by atoms with Crippen molar-refractivity contribution in [2.24, 2.45) is 23.2 Å². The van der Waals surface area contributed by atoms with Gasteiger partial charge in [-0.2, -0.15) is 0 Å². The third kappa shape index (κ3) is 1.33. The summed E-state index contributed by atoms with van der Waals surface area (Å²) < 4.78 is 0. The van der Waals surface area contributed by atoms with E-state index in [1.807, 2.05) is 0 Å². The summed E-state index contributed by atoms with van der Waals surface area (Å²) in [5.74, 6) is 1.61. The Bertz CT molecular complexity index is 423. The number of hydrogen-bond acceptors (Lipinski definition) is 3. The molecule has 2 saturated heterocycles. The molecule has 0 aromatic heterocycles. The standard InChI is InChI=1S/C16H25NO2/c1-11-8-12-9-14(18)13-4-2-6-17-7-3-5-15(12,13)16(17,19)10-11/h11-13,19H,2-10H2,1H3/t11?,12?,13?,15?,16-/m0/s1. The van der Waals surface area contributed by atoms with Gasteiger partial charge in [0.05, 0.1) is 0 Å². The van der Waals surface area contributed by atoms with Gasteiger partial charge in [-0.1, -0.05) is 6.92 Å². The van der Waals surface area contributed by atoms with Crippen LogP contribution in [0.25, 0.3) is 0 Å². The molecule has 106 valence electrons. The summed E-state index contributed by atoms with van der Waals surface area (Å²) in [6.07, 6.45) is 7.12. The zero-order valence-electron chi connectivity index (χ0n) is 11.9. The van der Waals surface area contributed by atoms with Crippen LogP contribution in [0.3, 0.4) is 0 Å². The molecule has 1 spiro atoms. The van der Waals surface area contributed by atoms with E-state index >= 15 is 0 Å². The number of carbonyl (C=O) groups is 1. The minimum absolute atomic E-state index is 0.0919. The van der Waals surface area contributed by atoms with E-state index in [9.17, 15) is 9.90 Å².